The van der Waals surface area contributed by atoms with E-state index in [1.54, 1.807) is 12.3 Å². The summed E-state index contributed by atoms with van der Waals surface area (Å²) in [5.41, 5.74) is 3.83. The molecule has 2 N–H and O–H groups in total. The second-order valence-corrected chi connectivity index (χ2v) is 8.39. The van der Waals surface area contributed by atoms with Crippen molar-refractivity contribution in [3.8, 4) is 16.9 Å². The molecule has 1 saturated carbocycles. The van der Waals surface area contributed by atoms with Gasteiger partial charge in [-0.25, -0.2) is 0 Å². The summed E-state index contributed by atoms with van der Waals surface area (Å²) in [4.78, 5) is 2.38. The number of phenolic OH excluding ortho intramolecular Hbond substituents is 1. The molecule has 2 atom stereocenters. The number of H-pyrrole nitrogens is 1. The molecule has 148 valence electrons. The molecule has 0 spiro atoms. The predicted octanol–water partition coefficient (Wildman–Crippen LogP) is 4.44. The van der Waals surface area contributed by atoms with E-state index in [2.05, 4.69) is 32.2 Å². The first-order chi connectivity index (χ1) is 13.5. The largest absolute Gasteiger partial charge is 0.507 e. The highest BCUT2D eigenvalue weighted by Crippen LogP contribution is 2.48. The van der Waals surface area contributed by atoms with E-state index in [9.17, 15) is 5.11 Å². The Morgan fingerprint density at radius 1 is 1.36 bits per heavy atom. The molecular formula is C22H29N5O. The second kappa shape index (κ2) is 7.41. The van der Waals surface area contributed by atoms with Gasteiger partial charge in [-0.2, -0.15) is 10.2 Å². The zero-order valence-corrected chi connectivity index (χ0v) is 16.9. The van der Waals surface area contributed by atoms with Crippen molar-refractivity contribution in [2.24, 2.45) is 21.5 Å². The lowest BCUT2D eigenvalue weighted by molar-refractivity contribution is 0.298. The topological polar surface area (TPSA) is 76.9 Å². The van der Waals surface area contributed by atoms with E-state index in [1.807, 2.05) is 32.2 Å². The minimum absolute atomic E-state index is 0.218. The lowest BCUT2D eigenvalue weighted by Crippen LogP contribution is -2.29. The third kappa shape index (κ3) is 3.43. The lowest BCUT2D eigenvalue weighted by atomic mass is 9.83. The molecule has 0 radical (unpaired) electrons. The molecule has 1 unspecified atom stereocenters. The molecule has 2 heterocycles. The van der Waals surface area contributed by atoms with Gasteiger partial charge in [0.2, 0.25) is 0 Å². The minimum Gasteiger partial charge on any atom is -0.507 e. The molecule has 1 aromatic heterocycles. The summed E-state index contributed by atoms with van der Waals surface area (Å²) >= 11 is 0. The Morgan fingerprint density at radius 2 is 2.21 bits per heavy atom. The van der Waals surface area contributed by atoms with Crippen LogP contribution in [0.15, 0.2) is 40.8 Å². The van der Waals surface area contributed by atoms with E-state index in [0.717, 1.165) is 47.2 Å². The summed E-state index contributed by atoms with van der Waals surface area (Å²) in [7, 11) is 0. The fourth-order valence-corrected chi connectivity index (χ4v) is 4.71. The van der Waals surface area contributed by atoms with Crippen molar-refractivity contribution in [2.45, 2.75) is 46.5 Å². The maximum atomic E-state index is 10.5. The number of nitrogens with one attached hydrogen (secondary N) is 1. The number of aromatic nitrogens is 2. The number of aromatic hydroxyl groups is 1. The number of benzene rings is 1. The van der Waals surface area contributed by atoms with Gasteiger partial charge in [-0.15, -0.1) is 5.10 Å². The van der Waals surface area contributed by atoms with Crippen LogP contribution in [0.3, 0.4) is 0 Å². The minimum atomic E-state index is 0.218. The summed E-state index contributed by atoms with van der Waals surface area (Å²) in [5.74, 6) is 1.97. The third-order valence-electron chi connectivity index (χ3n) is 6.53. The van der Waals surface area contributed by atoms with Gasteiger partial charge in [-0.1, -0.05) is 26.3 Å². The number of hydrogen-bond acceptors (Lipinski definition) is 4. The fourth-order valence-electron chi connectivity index (χ4n) is 4.71. The molecule has 4 rings (SSSR count). The molecule has 0 bridgehead atoms. The van der Waals surface area contributed by atoms with Crippen LogP contribution in [0, 0.1) is 11.3 Å². The first kappa shape index (κ1) is 18.7. The first-order valence-electron chi connectivity index (χ1n) is 10.2. The Bertz CT molecular complexity index is 902. The molecule has 1 aliphatic carbocycles. The zero-order valence-electron chi connectivity index (χ0n) is 16.9. The van der Waals surface area contributed by atoms with E-state index in [4.69, 9.17) is 0 Å². The van der Waals surface area contributed by atoms with E-state index in [1.165, 1.54) is 19.3 Å². The van der Waals surface area contributed by atoms with Crippen molar-refractivity contribution >= 4 is 11.5 Å². The molecule has 1 aromatic carbocycles. The van der Waals surface area contributed by atoms with Crippen LogP contribution in [0.1, 0.15) is 52.0 Å². The second-order valence-electron chi connectivity index (χ2n) is 8.39. The number of nitrogens with zero attached hydrogens (tertiary/aromatic N) is 4. The molecule has 0 amide bonds. The van der Waals surface area contributed by atoms with Gasteiger partial charge in [0.15, 0.2) is 0 Å². The number of aromatic amines is 1. The Morgan fingerprint density at radius 3 is 2.89 bits per heavy atom. The predicted molar refractivity (Wildman–Crippen MR) is 113 cm³/mol. The van der Waals surface area contributed by atoms with Crippen LogP contribution in [0.25, 0.3) is 11.1 Å². The molecular weight excluding hydrogens is 350 g/mol. The normalized spacial score (nSPS) is 25.4. The van der Waals surface area contributed by atoms with Gasteiger partial charge in [0.25, 0.3) is 0 Å². The fraction of sp³-hybridized carbons (Fsp3) is 0.500. The van der Waals surface area contributed by atoms with Crippen LogP contribution < -0.4 is 0 Å². The van der Waals surface area contributed by atoms with E-state index >= 15 is 0 Å². The molecule has 1 saturated heterocycles. The van der Waals surface area contributed by atoms with Crippen LogP contribution in [0.5, 0.6) is 5.75 Å². The van der Waals surface area contributed by atoms with E-state index in [-0.39, 0.29) is 5.75 Å². The molecule has 2 aliphatic rings. The number of phenols is 1. The van der Waals surface area contributed by atoms with Crippen LogP contribution in [0.4, 0.5) is 0 Å². The summed E-state index contributed by atoms with van der Waals surface area (Å²) in [5, 5.41) is 26.3. The van der Waals surface area contributed by atoms with Crippen molar-refractivity contribution in [1.29, 1.82) is 0 Å². The monoisotopic (exact) mass is 379 g/mol. The van der Waals surface area contributed by atoms with Gasteiger partial charge in [-0.05, 0) is 55.2 Å². The highest BCUT2D eigenvalue weighted by atomic mass is 16.3. The van der Waals surface area contributed by atoms with Gasteiger partial charge in [-0.3, -0.25) is 5.10 Å². The molecule has 2 aromatic rings. The van der Waals surface area contributed by atoms with Crippen LogP contribution in [-0.4, -0.2) is 44.8 Å². The molecule has 6 heteroatoms. The van der Waals surface area contributed by atoms with Crippen LogP contribution >= 0.6 is 0 Å². The van der Waals surface area contributed by atoms with Crippen LogP contribution in [0.2, 0.25) is 0 Å². The summed E-state index contributed by atoms with van der Waals surface area (Å²) in [6.45, 7) is 8.66. The Balaban J connectivity index is 1.53. The molecule has 2 fully saturated rings. The van der Waals surface area contributed by atoms with Crippen molar-refractivity contribution < 1.29 is 5.11 Å². The van der Waals surface area contributed by atoms with E-state index in [0.29, 0.717) is 11.8 Å². The van der Waals surface area contributed by atoms with Gasteiger partial charge < -0.3 is 10.0 Å². The SMILES string of the molecule is CC/C(=N\N=C(/C)N1C[C@@H]2CCCC2(C)C1)c1ccc(-c2cn[nH]c2)cc1O. The summed E-state index contributed by atoms with van der Waals surface area (Å²) in [6, 6.07) is 5.64. The van der Waals surface area contributed by atoms with E-state index < -0.39 is 0 Å². The Kier molecular flexibility index (Phi) is 4.96. The number of rotatable bonds is 4. The zero-order chi connectivity index (χ0) is 19.7. The quantitative estimate of drug-likeness (QED) is 0.468. The number of fused-ring (bicyclic) bond motifs is 1. The first-order valence-corrected chi connectivity index (χ1v) is 10.2. The molecule has 6 nitrogen and oxygen atoms in total. The lowest BCUT2D eigenvalue weighted by Gasteiger charge is -2.23. The highest BCUT2D eigenvalue weighted by molar-refractivity contribution is 6.03. The van der Waals surface area contributed by atoms with Crippen molar-refractivity contribution in [1.82, 2.24) is 15.1 Å². The van der Waals surface area contributed by atoms with Crippen LogP contribution in [-0.2, 0) is 0 Å². The smallest absolute Gasteiger partial charge is 0.125 e. The summed E-state index contributed by atoms with van der Waals surface area (Å²) in [6.07, 6.45) is 8.27. The molecule has 28 heavy (non-hydrogen) atoms. The van der Waals surface area contributed by atoms with Gasteiger partial charge in [0.1, 0.15) is 11.6 Å². The van der Waals surface area contributed by atoms with Crippen molar-refractivity contribution in [3.63, 3.8) is 0 Å². The maximum Gasteiger partial charge on any atom is 0.125 e. The number of amidine groups is 1. The average molecular weight is 380 g/mol. The Hall–Kier alpha value is -2.63. The maximum absolute atomic E-state index is 10.5. The number of likely N-dealkylation sites (tertiary alicyclic amines) is 1. The van der Waals surface area contributed by atoms with Gasteiger partial charge in [0, 0.05) is 30.4 Å². The Labute approximate surface area is 166 Å². The average Bonchev–Trinajstić information content (AvgIpc) is 3.38. The van der Waals surface area contributed by atoms with Crippen molar-refractivity contribution in [2.75, 3.05) is 13.1 Å². The summed E-state index contributed by atoms with van der Waals surface area (Å²) < 4.78 is 0. The highest BCUT2D eigenvalue weighted by Gasteiger charge is 2.46. The standard InChI is InChI=1S/C22H29N5O/c1-4-20(19-8-7-16(10-21(19)28)17-11-23-24-12-17)26-25-15(2)27-13-18-6-5-9-22(18,3)14-27/h7-8,10-12,18,28H,4-6,9,13-14H2,1-3H3,(H,23,24)/b25-15+,26-20+/t18-,22?/m0/s1. The van der Waals surface area contributed by atoms with Gasteiger partial charge >= 0.3 is 0 Å². The number of hydrogen-bond donors (Lipinski definition) is 2. The van der Waals surface area contributed by atoms with Crippen molar-refractivity contribution in [3.05, 3.63) is 36.2 Å². The third-order valence-corrected chi connectivity index (χ3v) is 6.53. The van der Waals surface area contributed by atoms with Gasteiger partial charge in [0.05, 0.1) is 11.9 Å². The molecule has 1 aliphatic heterocycles.